The molecule has 0 saturated carbocycles. The molecule has 8 nitrogen and oxygen atoms in total. The number of amidine groups is 1. The standard InChI is InChI=1S/C29H31N5O3S/c1-4-32-28(35)27(38-29(32)30-23-11-13-24(14-12-23)31-15-6-5-7-16-31)18-22-17-20(2)33(21(22)3)25-9-8-10-26(19-25)34(36)37/h8-14,17-19H,4-7,15-16H2,1-3H3/b27-18-,30-29?. The van der Waals surface area contributed by atoms with Crippen LogP contribution in [-0.4, -0.2) is 45.1 Å². The van der Waals surface area contributed by atoms with Crippen molar-refractivity contribution < 1.29 is 9.72 Å². The number of carbonyl (C=O) groups is 1. The molecule has 9 heteroatoms. The number of nitro groups is 1. The van der Waals surface area contributed by atoms with E-state index in [1.54, 1.807) is 17.0 Å². The normalized spacial score (nSPS) is 18.1. The predicted octanol–water partition coefficient (Wildman–Crippen LogP) is 6.62. The number of piperidine rings is 1. The fourth-order valence-electron chi connectivity index (χ4n) is 5.09. The highest BCUT2D eigenvalue weighted by Gasteiger charge is 2.32. The number of hydrogen-bond donors (Lipinski definition) is 0. The van der Waals surface area contributed by atoms with Gasteiger partial charge < -0.3 is 9.47 Å². The molecule has 0 aliphatic carbocycles. The number of nitrogens with zero attached hydrogens (tertiary/aromatic N) is 5. The first-order valence-electron chi connectivity index (χ1n) is 12.9. The molecule has 0 spiro atoms. The van der Waals surface area contributed by atoms with E-state index >= 15 is 0 Å². The summed E-state index contributed by atoms with van der Waals surface area (Å²) >= 11 is 1.38. The first-order chi connectivity index (χ1) is 18.4. The van der Waals surface area contributed by atoms with Gasteiger partial charge in [0, 0.05) is 48.8 Å². The number of rotatable bonds is 6. The third-order valence-electron chi connectivity index (χ3n) is 7.06. The van der Waals surface area contributed by atoms with Crippen LogP contribution in [-0.2, 0) is 4.79 Å². The summed E-state index contributed by atoms with van der Waals surface area (Å²) in [6.45, 7) is 8.58. The maximum Gasteiger partial charge on any atom is 0.271 e. The highest BCUT2D eigenvalue weighted by Crippen LogP contribution is 2.36. The second-order valence-electron chi connectivity index (χ2n) is 9.56. The van der Waals surface area contributed by atoms with E-state index in [2.05, 4.69) is 17.0 Å². The molecule has 0 radical (unpaired) electrons. The lowest BCUT2D eigenvalue weighted by atomic mass is 10.1. The second-order valence-corrected chi connectivity index (χ2v) is 10.6. The molecule has 2 aromatic carbocycles. The zero-order valence-corrected chi connectivity index (χ0v) is 22.7. The zero-order valence-electron chi connectivity index (χ0n) is 21.9. The average molecular weight is 530 g/mol. The number of anilines is 1. The van der Waals surface area contributed by atoms with Crippen LogP contribution in [0.4, 0.5) is 17.1 Å². The van der Waals surface area contributed by atoms with Gasteiger partial charge in [-0.3, -0.25) is 19.8 Å². The van der Waals surface area contributed by atoms with Crippen LogP contribution in [0.3, 0.4) is 0 Å². The summed E-state index contributed by atoms with van der Waals surface area (Å²) < 4.78 is 1.97. The lowest BCUT2D eigenvalue weighted by molar-refractivity contribution is -0.384. The first-order valence-corrected chi connectivity index (χ1v) is 13.8. The monoisotopic (exact) mass is 529 g/mol. The number of amides is 1. The van der Waals surface area contributed by atoms with Crippen LogP contribution in [0.25, 0.3) is 11.8 Å². The number of hydrogen-bond acceptors (Lipinski definition) is 6. The molecule has 0 N–H and O–H groups in total. The summed E-state index contributed by atoms with van der Waals surface area (Å²) in [4.78, 5) is 33.7. The second kappa shape index (κ2) is 10.9. The molecule has 0 bridgehead atoms. The van der Waals surface area contributed by atoms with E-state index in [9.17, 15) is 14.9 Å². The third-order valence-corrected chi connectivity index (χ3v) is 8.06. The number of thioether (sulfide) groups is 1. The van der Waals surface area contributed by atoms with Crippen LogP contribution in [0.15, 0.2) is 64.5 Å². The van der Waals surface area contributed by atoms with E-state index in [0.29, 0.717) is 16.6 Å². The summed E-state index contributed by atoms with van der Waals surface area (Å²) in [7, 11) is 0. The molecule has 1 amide bonds. The van der Waals surface area contributed by atoms with E-state index in [-0.39, 0.29) is 11.6 Å². The molecule has 3 aromatic rings. The van der Waals surface area contributed by atoms with Gasteiger partial charge in [-0.1, -0.05) is 6.07 Å². The summed E-state index contributed by atoms with van der Waals surface area (Å²) in [5.41, 5.74) is 5.54. The Labute approximate surface area is 226 Å². The molecule has 2 saturated heterocycles. The number of aromatic nitrogens is 1. The Morgan fingerprint density at radius 1 is 1.03 bits per heavy atom. The number of likely N-dealkylation sites (N-methyl/N-ethyl adjacent to an activating group) is 1. The van der Waals surface area contributed by atoms with Crippen molar-refractivity contribution in [3.63, 3.8) is 0 Å². The van der Waals surface area contributed by atoms with Gasteiger partial charge in [-0.05, 0) is 99.8 Å². The fourth-order valence-corrected chi connectivity index (χ4v) is 6.14. The van der Waals surface area contributed by atoms with Gasteiger partial charge in [-0.25, -0.2) is 4.99 Å². The highest BCUT2D eigenvalue weighted by molar-refractivity contribution is 8.18. The smallest absolute Gasteiger partial charge is 0.271 e. The number of non-ortho nitro benzene ring substituents is 1. The Morgan fingerprint density at radius 3 is 2.45 bits per heavy atom. The molecule has 5 rings (SSSR count). The molecular formula is C29H31N5O3S. The van der Waals surface area contributed by atoms with Crippen molar-refractivity contribution in [2.75, 3.05) is 24.5 Å². The van der Waals surface area contributed by atoms with Gasteiger partial charge in [0.15, 0.2) is 5.17 Å². The molecule has 2 aliphatic rings. The van der Waals surface area contributed by atoms with Gasteiger partial charge in [0.1, 0.15) is 0 Å². The minimum atomic E-state index is -0.393. The molecule has 2 fully saturated rings. The van der Waals surface area contributed by atoms with Crippen molar-refractivity contribution in [2.45, 2.75) is 40.0 Å². The molecular weight excluding hydrogens is 498 g/mol. The van der Waals surface area contributed by atoms with Gasteiger partial charge in [0.25, 0.3) is 11.6 Å². The van der Waals surface area contributed by atoms with Crippen molar-refractivity contribution in [2.24, 2.45) is 4.99 Å². The van der Waals surface area contributed by atoms with Crippen molar-refractivity contribution in [3.8, 4) is 5.69 Å². The maximum absolute atomic E-state index is 13.3. The Hall–Kier alpha value is -3.85. The summed E-state index contributed by atoms with van der Waals surface area (Å²) in [5, 5.41) is 11.9. The van der Waals surface area contributed by atoms with Crippen molar-refractivity contribution in [1.82, 2.24) is 9.47 Å². The van der Waals surface area contributed by atoms with Crippen molar-refractivity contribution in [3.05, 3.63) is 86.6 Å². The number of aliphatic imine (C=N–C) groups is 1. The summed E-state index contributed by atoms with van der Waals surface area (Å²) in [5.74, 6) is -0.0682. The van der Waals surface area contributed by atoms with Crippen LogP contribution >= 0.6 is 11.8 Å². The van der Waals surface area contributed by atoms with Crippen LogP contribution in [0.2, 0.25) is 0 Å². The third kappa shape index (κ3) is 5.11. The number of nitro benzene ring substituents is 1. The van der Waals surface area contributed by atoms with E-state index in [1.807, 2.05) is 55.7 Å². The van der Waals surface area contributed by atoms with Gasteiger partial charge in [-0.2, -0.15) is 0 Å². The molecule has 196 valence electrons. The molecule has 0 unspecified atom stereocenters. The molecule has 3 heterocycles. The van der Waals surface area contributed by atoms with Crippen LogP contribution in [0.5, 0.6) is 0 Å². The molecule has 38 heavy (non-hydrogen) atoms. The van der Waals surface area contributed by atoms with Crippen LogP contribution < -0.4 is 4.90 Å². The van der Waals surface area contributed by atoms with Crippen LogP contribution in [0.1, 0.15) is 43.1 Å². The minimum absolute atomic E-state index is 0.0415. The fraction of sp³-hybridized carbons (Fsp3) is 0.310. The predicted molar refractivity (Wildman–Crippen MR) is 154 cm³/mol. The zero-order chi connectivity index (χ0) is 26.8. The highest BCUT2D eigenvalue weighted by atomic mass is 32.2. The van der Waals surface area contributed by atoms with Gasteiger partial charge >= 0.3 is 0 Å². The number of benzene rings is 2. The lowest BCUT2D eigenvalue weighted by Gasteiger charge is -2.28. The molecule has 0 atom stereocenters. The Kier molecular flexibility index (Phi) is 7.37. The summed E-state index contributed by atoms with van der Waals surface area (Å²) in [6.07, 6.45) is 5.66. The van der Waals surface area contributed by atoms with Crippen LogP contribution in [0, 0.1) is 24.0 Å². The Balaban J connectivity index is 1.41. The molecule has 2 aliphatic heterocycles. The topological polar surface area (TPSA) is 84.0 Å². The number of aryl methyl sites for hydroxylation is 1. The largest absolute Gasteiger partial charge is 0.372 e. The van der Waals surface area contributed by atoms with E-state index in [4.69, 9.17) is 4.99 Å². The maximum atomic E-state index is 13.3. The average Bonchev–Trinajstić information content (AvgIpc) is 3.38. The Bertz CT molecular complexity index is 1430. The minimum Gasteiger partial charge on any atom is -0.372 e. The summed E-state index contributed by atoms with van der Waals surface area (Å²) in [6, 6.07) is 16.8. The van der Waals surface area contributed by atoms with E-state index < -0.39 is 4.92 Å². The Morgan fingerprint density at radius 2 is 1.76 bits per heavy atom. The lowest BCUT2D eigenvalue weighted by Crippen LogP contribution is -2.29. The number of carbonyl (C=O) groups excluding carboxylic acids is 1. The van der Waals surface area contributed by atoms with E-state index in [1.165, 1.54) is 42.8 Å². The van der Waals surface area contributed by atoms with Crippen molar-refractivity contribution in [1.29, 1.82) is 0 Å². The first kappa shape index (κ1) is 25.8. The van der Waals surface area contributed by atoms with Gasteiger partial charge in [-0.15, -0.1) is 0 Å². The van der Waals surface area contributed by atoms with Gasteiger partial charge in [0.2, 0.25) is 0 Å². The quantitative estimate of drug-likeness (QED) is 0.204. The SMILES string of the molecule is CCN1C(=O)/C(=C/c2cc(C)n(-c3cccc([N+](=O)[O-])c3)c2C)SC1=Nc1ccc(N2CCCCC2)cc1. The molecule has 1 aromatic heterocycles. The van der Waals surface area contributed by atoms with Gasteiger partial charge in [0.05, 0.1) is 21.2 Å². The van der Waals surface area contributed by atoms with Crippen molar-refractivity contribution >= 4 is 46.0 Å². The van der Waals surface area contributed by atoms with E-state index in [0.717, 1.165) is 41.4 Å².